The number of guanidine groups is 1. The van der Waals surface area contributed by atoms with Crippen molar-refractivity contribution >= 4 is 41.3 Å². The summed E-state index contributed by atoms with van der Waals surface area (Å²) in [6, 6.07) is 0. The minimum Gasteiger partial charge on any atom is -0.356 e. The first-order chi connectivity index (χ1) is 9.67. The van der Waals surface area contributed by atoms with E-state index in [1.165, 1.54) is 31.4 Å². The average molecular weight is 424 g/mol. The first kappa shape index (κ1) is 20.6. The molecular formula is C15H29IN4S. The first-order valence-electron chi connectivity index (χ1n) is 7.56. The third-order valence-electron chi connectivity index (χ3n) is 3.11. The van der Waals surface area contributed by atoms with E-state index in [4.69, 9.17) is 0 Å². The lowest BCUT2D eigenvalue weighted by Crippen LogP contribution is -2.37. The zero-order chi connectivity index (χ0) is 14.8. The molecule has 0 amide bonds. The van der Waals surface area contributed by atoms with Gasteiger partial charge < -0.3 is 10.6 Å². The van der Waals surface area contributed by atoms with E-state index < -0.39 is 0 Å². The van der Waals surface area contributed by atoms with Crippen LogP contribution in [0.25, 0.3) is 0 Å². The number of nitrogens with zero attached hydrogens (tertiary/aromatic N) is 2. The molecule has 0 saturated heterocycles. The highest BCUT2D eigenvalue weighted by Crippen LogP contribution is 2.17. The summed E-state index contributed by atoms with van der Waals surface area (Å²) in [4.78, 5) is 8.84. The van der Waals surface area contributed by atoms with Gasteiger partial charge in [0.05, 0.1) is 12.2 Å². The number of hydrogen-bond donors (Lipinski definition) is 2. The lowest BCUT2D eigenvalue weighted by atomic mass is 10.2. The Morgan fingerprint density at radius 2 is 2.05 bits per heavy atom. The molecule has 122 valence electrons. The molecular weight excluding hydrogens is 395 g/mol. The van der Waals surface area contributed by atoms with E-state index in [1.54, 1.807) is 11.3 Å². The van der Waals surface area contributed by atoms with Crippen LogP contribution in [-0.2, 0) is 6.54 Å². The van der Waals surface area contributed by atoms with Crippen molar-refractivity contribution in [1.82, 2.24) is 15.6 Å². The van der Waals surface area contributed by atoms with Crippen molar-refractivity contribution in [2.75, 3.05) is 13.6 Å². The van der Waals surface area contributed by atoms with Crippen molar-refractivity contribution in [2.45, 2.75) is 58.9 Å². The number of aromatic nitrogens is 1. The molecule has 6 heteroatoms. The molecule has 1 aromatic rings. The Bertz CT molecular complexity index is 404. The number of nitrogens with one attached hydrogen (secondary N) is 2. The van der Waals surface area contributed by atoms with E-state index in [1.807, 2.05) is 7.05 Å². The maximum absolute atomic E-state index is 4.61. The topological polar surface area (TPSA) is 49.3 Å². The van der Waals surface area contributed by atoms with Crippen LogP contribution in [0.2, 0.25) is 0 Å². The number of thiazole rings is 1. The third-order valence-corrected chi connectivity index (χ3v) is 3.98. The first-order valence-corrected chi connectivity index (χ1v) is 8.44. The van der Waals surface area contributed by atoms with Gasteiger partial charge in [0.1, 0.15) is 5.01 Å². The minimum atomic E-state index is 0. The van der Waals surface area contributed by atoms with Crippen LogP contribution in [0.1, 0.15) is 63.1 Å². The van der Waals surface area contributed by atoms with E-state index in [9.17, 15) is 0 Å². The molecule has 0 unspecified atom stereocenters. The van der Waals surface area contributed by atoms with Crippen molar-refractivity contribution in [2.24, 2.45) is 4.99 Å². The second-order valence-corrected chi connectivity index (χ2v) is 6.18. The Hall–Kier alpha value is -0.370. The molecule has 1 rings (SSSR count). The summed E-state index contributed by atoms with van der Waals surface area (Å²) in [7, 11) is 1.81. The van der Waals surface area contributed by atoms with Gasteiger partial charge in [0, 0.05) is 19.0 Å². The Balaban J connectivity index is 0.00000400. The van der Waals surface area contributed by atoms with Crippen molar-refractivity contribution in [3.05, 3.63) is 16.1 Å². The summed E-state index contributed by atoms with van der Waals surface area (Å²) in [6.07, 6.45) is 5.06. The summed E-state index contributed by atoms with van der Waals surface area (Å²) in [5.74, 6) is 1.36. The zero-order valence-electron chi connectivity index (χ0n) is 13.6. The number of unbranched alkanes of at least 4 members (excludes halogenated alkanes) is 3. The fourth-order valence-corrected chi connectivity index (χ4v) is 2.71. The molecule has 4 nitrogen and oxygen atoms in total. The molecule has 0 fully saturated rings. The zero-order valence-corrected chi connectivity index (χ0v) is 16.8. The van der Waals surface area contributed by atoms with Crippen LogP contribution in [0.4, 0.5) is 0 Å². The van der Waals surface area contributed by atoms with Gasteiger partial charge in [-0.2, -0.15) is 0 Å². The van der Waals surface area contributed by atoms with Gasteiger partial charge >= 0.3 is 0 Å². The second kappa shape index (κ2) is 12.2. The molecule has 0 saturated carbocycles. The fourth-order valence-electron chi connectivity index (χ4n) is 1.81. The highest BCUT2D eigenvalue weighted by Gasteiger charge is 2.06. The molecule has 0 aliphatic carbocycles. The van der Waals surface area contributed by atoms with E-state index >= 15 is 0 Å². The fraction of sp³-hybridized carbons (Fsp3) is 0.733. The van der Waals surface area contributed by atoms with Gasteiger partial charge in [0.25, 0.3) is 0 Å². The van der Waals surface area contributed by atoms with Gasteiger partial charge in [0.2, 0.25) is 0 Å². The van der Waals surface area contributed by atoms with Crippen molar-refractivity contribution in [1.29, 1.82) is 0 Å². The quantitative estimate of drug-likeness (QED) is 0.286. The molecule has 0 aliphatic heterocycles. The van der Waals surface area contributed by atoms with E-state index in [-0.39, 0.29) is 24.0 Å². The normalized spacial score (nSPS) is 11.4. The maximum Gasteiger partial charge on any atom is 0.191 e. The molecule has 1 aromatic heterocycles. The molecule has 0 bridgehead atoms. The van der Waals surface area contributed by atoms with Crippen molar-refractivity contribution in [3.8, 4) is 0 Å². The summed E-state index contributed by atoms with van der Waals surface area (Å²) in [5.41, 5.74) is 1.18. The predicted octanol–water partition coefficient (Wildman–Crippen LogP) is 4.13. The summed E-state index contributed by atoms with van der Waals surface area (Å²) < 4.78 is 0. The molecule has 1 heterocycles. The number of rotatable bonds is 8. The SMILES string of the molecule is CCCCCCNC(=NC)NCc1nc(C(C)C)cs1.I. The van der Waals surface area contributed by atoms with Gasteiger partial charge in [-0.1, -0.05) is 40.0 Å². The van der Waals surface area contributed by atoms with Gasteiger partial charge in [0.15, 0.2) is 5.96 Å². The van der Waals surface area contributed by atoms with Crippen LogP contribution >= 0.6 is 35.3 Å². The minimum absolute atomic E-state index is 0. The summed E-state index contributed by atoms with van der Waals surface area (Å²) >= 11 is 1.71. The van der Waals surface area contributed by atoms with E-state index in [0.717, 1.165) is 24.1 Å². The van der Waals surface area contributed by atoms with Crippen LogP contribution in [0.15, 0.2) is 10.4 Å². The molecule has 21 heavy (non-hydrogen) atoms. The number of hydrogen-bond acceptors (Lipinski definition) is 3. The molecule has 0 aliphatic rings. The third kappa shape index (κ3) is 8.60. The lowest BCUT2D eigenvalue weighted by Gasteiger charge is -2.10. The largest absolute Gasteiger partial charge is 0.356 e. The molecule has 0 aromatic carbocycles. The molecule has 0 spiro atoms. The smallest absolute Gasteiger partial charge is 0.191 e. The van der Waals surface area contributed by atoms with E-state index in [2.05, 4.69) is 46.8 Å². The maximum atomic E-state index is 4.61. The van der Waals surface area contributed by atoms with Gasteiger partial charge in [-0.3, -0.25) is 4.99 Å². The Morgan fingerprint density at radius 1 is 1.29 bits per heavy atom. The monoisotopic (exact) mass is 424 g/mol. The molecule has 2 N–H and O–H groups in total. The van der Waals surface area contributed by atoms with Gasteiger partial charge in [-0.25, -0.2) is 4.98 Å². The van der Waals surface area contributed by atoms with E-state index in [0.29, 0.717) is 5.92 Å². The Kier molecular flexibility index (Phi) is 12.0. The van der Waals surface area contributed by atoms with Crippen molar-refractivity contribution in [3.63, 3.8) is 0 Å². The van der Waals surface area contributed by atoms with Crippen LogP contribution in [0.3, 0.4) is 0 Å². The Morgan fingerprint density at radius 3 is 2.62 bits per heavy atom. The summed E-state index contributed by atoms with van der Waals surface area (Å²) in [5, 5.41) is 9.91. The number of aliphatic imine (C=N–C) groups is 1. The van der Waals surface area contributed by atoms with Gasteiger partial charge in [-0.15, -0.1) is 35.3 Å². The highest BCUT2D eigenvalue weighted by molar-refractivity contribution is 14.0. The van der Waals surface area contributed by atoms with Crippen LogP contribution in [0, 0.1) is 0 Å². The standard InChI is InChI=1S/C15H28N4S.HI/c1-5-6-7-8-9-17-15(16-4)18-10-14-19-13(11-20-14)12(2)3;/h11-12H,5-10H2,1-4H3,(H2,16,17,18);1H. The number of halogens is 1. The van der Waals surface area contributed by atoms with Crippen LogP contribution < -0.4 is 10.6 Å². The lowest BCUT2D eigenvalue weighted by molar-refractivity contribution is 0.647. The van der Waals surface area contributed by atoms with Crippen molar-refractivity contribution < 1.29 is 0 Å². The Labute approximate surface area is 150 Å². The molecule has 0 atom stereocenters. The average Bonchev–Trinajstić information content (AvgIpc) is 2.91. The van der Waals surface area contributed by atoms with Crippen LogP contribution in [-0.4, -0.2) is 24.5 Å². The second-order valence-electron chi connectivity index (χ2n) is 5.23. The predicted molar refractivity (Wildman–Crippen MR) is 104 cm³/mol. The summed E-state index contributed by atoms with van der Waals surface area (Å²) in [6.45, 7) is 8.29. The molecule has 0 radical (unpaired) electrons. The van der Waals surface area contributed by atoms with Crippen LogP contribution in [0.5, 0.6) is 0 Å². The highest BCUT2D eigenvalue weighted by atomic mass is 127. The van der Waals surface area contributed by atoms with Gasteiger partial charge in [-0.05, 0) is 12.3 Å².